The molecule has 6 nitrogen and oxygen atoms in total. The van der Waals surface area contributed by atoms with Crippen molar-refractivity contribution in [2.45, 2.75) is 0 Å². The van der Waals surface area contributed by atoms with Crippen LogP contribution in [0.4, 0.5) is 10.1 Å². The number of hydrogen-bond acceptors (Lipinski definition) is 4. The average molecular weight is 445 g/mol. The van der Waals surface area contributed by atoms with Crippen molar-refractivity contribution < 1.29 is 28.6 Å². The zero-order chi connectivity index (χ0) is 17.7. The van der Waals surface area contributed by atoms with Crippen LogP contribution in [-0.2, 0) is 4.79 Å². The first-order valence-electron chi connectivity index (χ1n) is 6.69. The van der Waals surface area contributed by atoms with E-state index in [-0.39, 0.29) is 23.7 Å². The van der Waals surface area contributed by atoms with Crippen LogP contribution >= 0.6 is 22.6 Å². The molecule has 0 heterocycles. The Morgan fingerprint density at radius 1 is 1.25 bits per heavy atom. The highest BCUT2D eigenvalue weighted by Crippen LogP contribution is 2.34. The van der Waals surface area contributed by atoms with Crippen LogP contribution in [0, 0.1) is 9.39 Å². The van der Waals surface area contributed by atoms with E-state index < -0.39 is 17.7 Å². The molecule has 0 aliphatic rings. The molecule has 0 aromatic heterocycles. The summed E-state index contributed by atoms with van der Waals surface area (Å²) in [5.41, 5.74) is 0.493. The Balaban J connectivity index is 2.06. The number of benzene rings is 2. The Bertz CT molecular complexity index is 764. The average Bonchev–Trinajstić information content (AvgIpc) is 2.55. The van der Waals surface area contributed by atoms with Crippen LogP contribution in [0.25, 0.3) is 0 Å². The van der Waals surface area contributed by atoms with Crippen molar-refractivity contribution in [3.05, 3.63) is 51.3 Å². The number of hydrogen-bond donors (Lipinski definition) is 2. The minimum absolute atomic E-state index is 0.0550. The molecule has 0 bridgehead atoms. The molecule has 0 aliphatic carbocycles. The molecule has 0 atom stereocenters. The third-order valence-corrected chi connectivity index (χ3v) is 3.75. The second kappa shape index (κ2) is 7.95. The van der Waals surface area contributed by atoms with Crippen LogP contribution in [0.1, 0.15) is 10.4 Å². The molecule has 0 saturated carbocycles. The summed E-state index contributed by atoms with van der Waals surface area (Å²) in [5, 5.41) is 11.6. The molecule has 2 aromatic rings. The molecule has 2 rings (SSSR count). The number of carboxylic acid groups (broad SMARTS) is 1. The maximum atomic E-state index is 12.8. The Kier molecular flexibility index (Phi) is 5.96. The maximum Gasteiger partial charge on any atom is 0.335 e. The minimum atomic E-state index is -1.09. The molecule has 0 radical (unpaired) electrons. The predicted molar refractivity (Wildman–Crippen MR) is 93.2 cm³/mol. The summed E-state index contributed by atoms with van der Waals surface area (Å²) in [6, 6.07) is 8.05. The van der Waals surface area contributed by atoms with E-state index >= 15 is 0 Å². The molecule has 126 valence electrons. The van der Waals surface area contributed by atoms with Gasteiger partial charge in [-0.05, 0) is 59.0 Å². The van der Waals surface area contributed by atoms with Gasteiger partial charge in [-0.2, -0.15) is 0 Å². The summed E-state index contributed by atoms with van der Waals surface area (Å²) < 4.78 is 23.9. The summed E-state index contributed by atoms with van der Waals surface area (Å²) in [6.07, 6.45) is 0. The van der Waals surface area contributed by atoms with Gasteiger partial charge < -0.3 is 19.9 Å². The lowest BCUT2D eigenvalue weighted by molar-refractivity contribution is -0.118. The number of carboxylic acids is 1. The zero-order valence-electron chi connectivity index (χ0n) is 12.5. The van der Waals surface area contributed by atoms with Crippen LogP contribution < -0.4 is 14.8 Å². The smallest absolute Gasteiger partial charge is 0.335 e. The second-order valence-electron chi connectivity index (χ2n) is 4.64. The Labute approximate surface area is 150 Å². The number of carbonyl (C=O) groups is 2. The van der Waals surface area contributed by atoms with Gasteiger partial charge in [0.25, 0.3) is 5.91 Å². The number of aromatic carboxylic acids is 1. The van der Waals surface area contributed by atoms with E-state index in [0.29, 0.717) is 9.26 Å². The molecule has 8 heteroatoms. The number of ether oxygens (including phenoxy) is 2. The largest absolute Gasteiger partial charge is 0.493 e. The molecule has 2 N–H and O–H groups in total. The lowest BCUT2D eigenvalue weighted by Gasteiger charge is -2.13. The van der Waals surface area contributed by atoms with Gasteiger partial charge in [-0.3, -0.25) is 4.79 Å². The SMILES string of the molecule is COc1cc(C(=O)O)cc(I)c1OCC(=O)Nc1ccc(F)cc1. The molecule has 0 spiro atoms. The highest BCUT2D eigenvalue weighted by Gasteiger charge is 2.16. The van der Waals surface area contributed by atoms with Crippen LogP contribution in [-0.4, -0.2) is 30.7 Å². The molecule has 2 aromatic carbocycles. The van der Waals surface area contributed by atoms with Crippen LogP contribution in [0.2, 0.25) is 0 Å². The van der Waals surface area contributed by atoms with Gasteiger partial charge in [0.2, 0.25) is 0 Å². The number of anilines is 1. The molecule has 24 heavy (non-hydrogen) atoms. The van der Waals surface area contributed by atoms with E-state index in [9.17, 15) is 14.0 Å². The lowest BCUT2D eigenvalue weighted by atomic mass is 10.2. The quantitative estimate of drug-likeness (QED) is 0.668. The van der Waals surface area contributed by atoms with Crippen molar-refractivity contribution in [2.75, 3.05) is 19.0 Å². The molecule has 0 saturated heterocycles. The van der Waals surface area contributed by atoms with Crippen LogP contribution in [0.5, 0.6) is 11.5 Å². The van der Waals surface area contributed by atoms with E-state index in [1.807, 2.05) is 22.6 Å². The summed E-state index contributed by atoms with van der Waals surface area (Å²) in [6.45, 7) is -0.309. The lowest BCUT2D eigenvalue weighted by Crippen LogP contribution is -2.20. The van der Waals surface area contributed by atoms with Crippen molar-refractivity contribution in [1.82, 2.24) is 0 Å². The van der Waals surface area contributed by atoms with E-state index in [2.05, 4.69) is 5.32 Å². The van der Waals surface area contributed by atoms with Crippen molar-refractivity contribution in [1.29, 1.82) is 0 Å². The second-order valence-corrected chi connectivity index (χ2v) is 5.80. The van der Waals surface area contributed by atoms with Gasteiger partial charge >= 0.3 is 5.97 Å². The van der Waals surface area contributed by atoms with Crippen LogP contribution in [0.3, 0.4) is 0 Å². The summed E-state index contributed by atoms with van der Waals surface area (Å²) >= 11 is 1.90. The number of carbonyl (C=O) groups excluding carboxylic acids is 1. The highest BCUT2D eigenvalue weighted by molar-refractivity contribution is 14.1. The molecular weight excluding hydrogens is 432 g/mol. The normalized spacial score (nSPS) is 10.1. The van der Waals surface area contributed by atoms with E-state index in [0.717, 1.165) is 0 Å². The summed E-state index contributed by atoms with van der Waals surface area (Å²) in [7, 11) is 1.38. The third-order valence-electron chi connectivity index (χ3n) is 2.95. The number of halogens is 2. The van der Waals surface area contributed by atoms with Gasteiger partial charge in [0, 0.05) is 5.69 Å². The zero-order valence-corrected chi connectivity index (χ0v) is 14.7. The molecule has 0 aliphatic heterocycles. The first-order chi connectivity index (χ1) is 11.4. The van der Waals surface area contributed by atoms with E-state index in [1.54, 1.807) is 0 Å². The van der Waals surface area contributed by atoms with Gasteiger partial charge in [0.1, 0.15) is 5.82 Å². The first-order valence-corrected chi connectivity index (χ1v) is 7.77. The topological polar surface area (TPSA) is 84.9 Å². The Hall–Kier alpha value is -2.36. The van der Waals surface area contributed by atoms with Gasteiger partial charge in [-0.25, -0.2) is 9.18 Å². The van der Waals surface area contributed by atoms with E-state index in [4.69, 9.17) is 14.6 Å². The summed E-state index contributed by atoms with van der Waals surface area (Å²) in [4.78, 5) is 22.9. The van der Waals surface area contributed by atoms with Crippen molar-refractivity contribution in [2.24, 2.45) is 0 Å². The standard InChI is InChI=1S/C16H13FINO5/c1-23-13-7-9(16(21)22)6-12(18)15(13)24-8-14(20)19-11-4-2-10(17)3-5-11/h2-7H,8H2,1H3,(H,19,20)(H,21,22). The maximum absolute atomic E-state index is 12.8. The van der Waals surface area contributed by atoms with Crippen LogP contribution in [0.15, 0.2) is 36.4 Å². The van der Waals surface area contributed by atoms with Gasteiger partial charge in [-0.15, -0.1) is 0 Å². The fraction of sp³-hybridized carbons (Fsp3) is 0.125. The fourth-order valence-electron chi connectivity index (χ4n) is 1.85. The molecule has 0 fully saturated rings. The fourth-order valence-corrected chi connectivity index (χ4v) is 2.61. The number of rotatable bonds is 6. The molecule has 1 amide bonds. The van der Waals surface area contributed by atoms with Gasteiger partial charge in [0.15, 0.2) is 18.1 Å². The highest BCUT2D eigenvalue weighted by atomic mass is 127. The molecular formula is C16H13FINO5. The van der Waals surface area contributed by atoms with E-state index in [1.165, 1.54) is 43.5 Å². The minimum Gasteiger partial charge on any atom is -0.493 e. The van der Waals surface area contributed by atoms with Crippen molar-refractivity contribution in [3.8, 4) is 11.5 Å². The monoisotopic (exact) mass is 445 g/mol. The first kappa shape index (κ1) is 18.0. The van der Waals surface area contributed by atoms with Gasteiger partial charge in [0.05, 0.1) is 16.2 Å². The summed E-state index contributed by atoms with van der Waals surface area (Å²) in [5.74, 6) is -1.44. The van der Waals surface area contributed by atoms with Crippen molar-refractivity contribution in [3.63, 3.8) is 0 Å². The van der Waals surface area contributed by atoms with Gasteiger partial charge in [-0.1, -0.05) is 0 Å². The number of nitrogens with one attached hydrogen (secondary N) is 1. The number of amides is 1. The Morgan fingerprint density at radius 2 is 1.92 bits per heavy atom. The Morgan fingerprint density at radius 3 is 2.50 bits per heavy atom. The third kappa shape index (κ3) is 4.57. The number of methoxy groups -OCH3 is 1. The van der Waals surface area contributed by atoms with Crippen molar-refractivity contribution >= 4 is 40.2 Å². The molecule has 0 unspecified atom stereocenters. The predicted octanol–water partition coefficient (Wildman–Crippen LogP) is 3.15.